The van der Waals surface area contributed by atoms with Gasteiger partial charge in [0.05, 0.1) is 16.7 Å². The molecule has 1 aliphatic heterocycles. The van der Waals surface area contributed by atoms with Crippen molar-refractivity contribution < 1.29 is 0 Å². The molecule has 0 amide bonds. The number of hydrogen-bond acceptors (Lipinski definition) is 2. The Kier molecular flexibility index (Phi) is 7.16. The number of rotatable bonds is 6. The Hall–Kier alpha value is -6.71. The van der Waals surface area contributed by atoms with Gasteiger partial charge < -0.3 is 9.47 Å². The van der Waals surface area contributed by atoms with E-state index in [4.69, 9.17) is 0 Å². The second kappa shape index (κ2) is 12.2. The maximum atomic E-state index is 4.52. The van der Waals surface area contributed by atoms with Crippen molar-refractivity contribution in [2.75, 3.05) is 4.90 Å². The highest BCUT2D eigenvalue weighted by molar-refractivity contribution is 6.12. The monoisotopic (exact) mass is 679 g/mol. The molecule has 3 nitrogen and oxygen atoms in total. The first-order valence-electron chi connectivity index (χ1n) is 18.3. The highest BCUT2D eigenvalue weighted by Crippen LogP contribution is 2.47. The number of hydrogen-bond donors (Lipinski definition) is 0. The molecule has 3 heteroatoms. The smallest absolute Gasteiger partial charge is 0.0582 e. The maximum absolute atomic E-state index is 4.52. The summed E-state index contributed by atoms with van der Waals surface area (Å²) in [4.78, 5) is 6.87. The minimum absolute atomic E-state index is 0.137. The standard InChI is InChI=1S/C50H37N3/c1-50(2)45-15-9-14-43-44-32-39(22-29-47(44)53(49(43)45)48-30-31-51-33-46(48)50)38-20-27-42(28-21-38)52(40-23-16-36(17-24-40)34-10-5-3-6-11-34)41-25-18-37(19-26-41)35-12-7-4-8-13-35/h3-33H,1-2H3. The predicted molar refractivity (Wildman–Crippen MR) is 222 cm³/mol. The predicted octanol–water partition coefficient (Wildman–Crippen LogP) is 13.3. The third-order valence-corrected chi connectivity index (χ3v) is 11.1. The SMILES string of the molecule is CC1(C)c2cnccc2-n2c3ccc(-c4ccc(N(c5ccc(-c6ccccc6)cc5)c5ccc(-c6ccccc6)cc5)cc4)cc3c3cccc1c32. The minimum atomic E-state index is -0.137. The molecule has 252 valence electrons. The summed E-state index contributed by atoms with van der Waals surface area (Å²) in [6, 6.07) is 63.7. The van der Waals surface area contributed by atoms with Gasteiger partial charge in [0.2, 0.25) is 0 Å². The molecule has 0 bridgehead atoms. The Labute approximate surface area is 310 Å². The Bertz CT molecular complexity index is 2680. The van der Waals surface area contributed by atoms with Crippen LogP contribution in [0.5, 0.6) is 0 Å². The van der Waals surface area contributed by atoms with E-state index in [-0.39, 0.29) is 5.41 Å². The van der Waals surface area contributed by atoms with Crippen molar-refractivity contribution in [3.8, 4) is 39.1 Å². The van der Waals surface area contributed by atoms with Crippen LogP contribution in [-0.4, -0.2) is 9.55 Å². The van der Waals surface area contributed by atoms with Crippen molar-refractivity contribution in [2.45, 2.75) is 19.3 Å². The molecule has 0 aliphatic carbocycles. The Morgan fingerprint density at radius 3 is 1.53 bits per heavy atom. The molecule has 10 rings (SSSR count). The van der Waals surface area contributed by atoms with E-state index >= 15 is 0 Å². The minimum Gasteiger partial charge on any atom is -0.311 e. The molecule has 2 aromatic heterocycles. The molecule has 9 aromatic rings. The zero-order valence-electron chi connectivity index (χ0n) is 29.7. The average Bonchev–Trinajstić information content (AvgIpc) is 3.56. The Morgan fingerprint density at radius 1 is 0.453 bits per heavy atom. The summed E-state index contributed by atoms with van der Waals surface area (Å²) in [7, 11) is 0. The summed E-state index contributed by atoms with van der Waals surface area (Å²) >= 11 is 0. The van der Waals surface area contributed by atoms with Crippen LogP contribution in [0.25, 0.3) is 60.9 Å². The van der Waals surface area contributed by atoms with Gasteiger partial charge in [-0.3, -0.25) is 4.98 Å². The number of fused-ring (bicyclic) bond motifs is 5. The summed E-state index contributed by atoms with van der Waals surface area (Å²) in [6.07, 6.45) is 3.95. The quantitative estimate of drug-likeness (QED) is 0.174. The van der Waals surface area contributed by atoms with Gasteiger partial charge >= 0.3 is 0 Å². The van der Waals surface area contributed by atoms with E-state index in [0.717, 1.165) is 17.1 Å². The average molecular weight is 680 g/mol. The van der Waals surface area contributed by atoms with Crippen molar-refractivity contribution in [1.82, 2.24) is 9.55 Å². The van der Waals surface area contributed by atoms with Crippen molar-refractivity contribution >= 4 is 38.9 Å². The largest absolute Gasteiger partial charge is 0.311 e. The van der Waals surface area contributed by atoms with E-state index in [2.05, 4.69) is 204 Å². The van der Waals surface area contributed by atoms with Crippen molar-refractivity contribution in [3.63, 3.8) is 0 Å². The van der Waals surface area contributed by atoms with E-state index in [1.165, 1.54) is 72.0 Å². The molecule has 0 N–H and O–H groups in total. The second-order valence-electron chi connectivity index (χ2n) is 14.5. The Morgan fingerprint density at radius 2 is 0.962 bits per heavy atom. The number of anilines is 3. The fourth-order valence-corrected chi connectivity index (χ4v) is 8.33. The molecule has 53 heavy (non-hydrogen) atoms. The van der Waals surface area contributed by atoms with Gasteiger partial charge in [-0.05, 0) is 93.5 Å². The molecule has 0 spiro atoms. The van der Waals surface area contributed by atoms with Crippen LogP contribution >= 0.6 is 0 Å². The van der Waals surface area contributed by atoms with Gasteiger partial charge in [0.1, 0.15) is 0 Å². The molecule has 0 radical (unpaired) electrons. The van der Waals surface area contributed by atoms with Gasteiger partial charge in [0.25, 0.3) is 0 Å². The zero-order valence-corrected chi connectivity index (χ0v) is 29.7. The van der Waals surface area contributed by atoms with E-state index < -0.39 is 0 Å². The number of para-hydroxylation sites is 1. The molecule has 0 atom stereocenters. The van der Waals surface area contributed by atoms with Gasteiger partial charge in [-0.1, -0.05) is 135 Å². The summed E-state index contributed by atoms with van der Waals surface area (Å²) in [5.74, 6) is 0. The van der Waals surface area contributed by atoms with Gasteiger partial charge in [0.15, 0.2) is 0 Å². The first-order chi connectivity index (χ1) is 26.0. The summed E-state index contributed by atoms with van der Waals surface area (Å²) in [5.41, 5.74) is 16.7. The molecular formula is C50H37N3. The highest BCUT2D eigenvalue weighted by Gasteiger charge is 2.35. The third-order valence-electron chi connectivity index (χ3n) is 11.1. The first-order valence-corrected chi connectivity index (χ1v) is 18.3. The molecular weight excluding hydrogens is 643 g/mol. The van der Waals surface area contributed by atoms with E-state index in [9.17, 15) is 0 Å². The van der Waals surface area contributed by atoms with E-state index in [1.54, 1.807) is 0 Å². The number of pyridine rings is 1. The van der Waals surface area contributed by atoms with Gasteiger partial charge in [-0.2, -0.15) is 0 Å². The fourth-order valence-electron chi connectivity index (χ4n) is 8.33. The topological polar surface area (TPSA) is 21.1 Å². The normalized spacial score (nSPS) is 12.9. The van der Waals surface area contributed by atoms with Crippen molar-refractivity contribution in [1.29, 1.82) is 0 Å². The van der Waals surface area contributed by atoms with Crippen LogP contribution < -0.4 is 4.90 Å². The summed E-state index contributed by atoms with van der Waals surface area (Å²) in [5, 5.41) is 2.55. The van der Waals surface area contributed by atoms with Crippen LogP contribution in [0.2, 0.25) is 0 Å². The van der Waals surface area contributed by atoms with Crippen LogP contribution in [0.15, 0.2) is 188 Å². The molecule has 0 saturated heterocycles. The molecule has 7 aromatic carbocycles. The highest BCUT2D eigenvalue weighted by atomic mass is 15.1. The lowest BCUT2D eigenvalue weighted by atomic mass is 9.75. The maximum Gasteiger partial charge on any atom is 0.0582 e. The molecule has 3 heterocycles. The van der Waals surface area contributed by atoms with Crippen LogP contribution in [0.3, 0.4) is 0 Å². The van der Waals surface area contributed by atoms with Gasteiger partial charge in [-0.25, -0.2) is 0 Å². The van der Waals surface area contributed by atoms with Crippen molar-refractivity contribution in [2.24, 2.45) is 0 Å². The molecule has 0 unspecified atom stereocenters. The number of nitrogens with zero attached hydrogens (tertiary/aromatic N) is 3. The zero-order chi connectivity index (χ0) is 35.5. The van der Waals surface area contributed by atoms with E-state index in [0.29, 0.717) is 0 Å². The second-order valence-corrected chi connectivity index (χ2v) is 14.5. The third kappa shape index (κ3) is 5.08. The number of aromatic nitrogens is 2. The van der Waals surface area contributed by atoms with Crippen LogP contribution in [-0.2, 0) is 5.41 Å². The van der Waals surface area contributed by atoms with E-state index in [1.807, 2.05) is 12.4 Å². The lowest BCUT2D eigenvalue weighted by Crippen LogP contribution is -2.26. The lowest BCUT2D eigenvalue weighted by Gasteiger charge is -2.34. The van der Waals surface area contributed by atoms with Crippen molar-refractivity contribution in [3.05, 3.63) is 199 Å². The van der Waals surface area contributed by atoms with Crippen LogP contribution in [0, 0.1) is 0 Å². The summed E-state index contributed by atoms with van der Waals surface area (Å²) in [6.45, 7) is 4.63. The summed E-state index contributed by atoms with van der Waals surface area (Å²) < 4.78 is 2.44. The fraction of sp³-hybridized carbons (Fsp3) is 0.0600. The first kappa shape index (κ1) is 31.1. The molecule has 1 aliphatic rings. The molecule has 0 saturated carbocycles. The van der Waals surface area contributed by atoms with Crippen LogP contribution in [0.1, 0.15) is 25.0 Å². The lowest BCUT2D eigenvalue weighted by molar-refractivity contribution is 0.626. The Balaban J connectivity index is 1.05. The van der Waals surface area contributed by atoms with Gasteiger partial charge in [-0.15, -0.1) is 0 Å². The van der Waals surface area contributed by atoms with Crippen LogP contribution in [0.4, 0.5) is 17.1 Å². The number of benzene rings is 7. The molecule has 0 fully saturated rings. The van der Waals surface area contributed by atoms with Gasteiger partial charge in [0, 0.05) is 51.2 Å².